The Morgan fingerprint density at radius 1 is 1.38 bits per heavy atom. The normalized spacial score (nSPS) is 15.5. The number of halogens is 2. The quantitative estimate of drug-likeness (QED) is 0.576. The summed E-state index contributed by atoms with van der Waals surface area (Å²) in [4.78, 5) is 25.4. The lowest BCUT2D eigenvalue weighted by atomic mass is 10.1. The van der Waals surface area contributed by atoms with E-state index in [-0.39, 0.29) is 23.8 Å². The topological polar surface area (TPSA) is 46.6 Å². The van der Waals surface area contributed by atoms with Gasteiger partial charge in [-0.25, -0.2) is 9.18 Å². The molecule has 0 spiro atoms. The number of carbonyl (C=O) groups is 2. The molecule has 6 heteroatoms. The fraction of sp³-hybridized carbons (Fsp3) is 0.333. The van der Waals surface area contributed by atoms with Gasteiger partial charge in [0.1, 0.15) is 11.9 Å². The highest BCUT2D eigenvalue weighted by molar-refractivity contribution is 9.10. The summed E-state index contributed by atoms with van der Waals surface area (Å²) in [5.41, 5.74) is 1.11. The number of ether oxygens (including phenoxy) is 1. The average Bonchev–Trinajstić information content (AvgIpc) is 2.56. The van der Waals surface area contributed by atoms with Crippen LogP contribution in [0.25, 0.3) is 6.08 Å². The highest BCUT2D eigenvalue weighted by Crippen LogP contribution is 2.18. The molecule has 0 aliphatic carbocycles. The summed E-state index contributed by atoms with van der Waals surface area (Å²) in [5.74, 6) is -0.841. The number of hydrogen-bond donors (Lipinski definition) is 0. The molecule has 1 saturated heterocycles. The number of benzene rings is 1. The highest BCUT2D eigenvalue weighted by atomic mass is 79.9. The van der Waals surface area contributed by atoms with Crippen molar-refractivity contribution in [1.29, 1.82) is 0 Å². The minimum Gasteiger partial charge on any atom is -0.459 e. The number of amides is 1. The van der Waals surface area contributed by atoms with Crippen LogP contribution >= 0.6 is 15.9 Å². The van der Waals surface area contributed by atoms with Crippen LogP contribution in [0.15, 0.2) is 40.9 Å². The van der Waals surface area contributed by atoms with Crippen molar-refractivity contribution >= 4 is 33.9 Å². The van der Waals surface area contributed by atoms with E-state index in [4.69, 9.17) is 4.74 Å². The summed E-state index contributed by atoms with van der Waals surface area (Å²) >= 11 is 3.11. The van der Waals surface area contributed by atoms with Crippen LogP contribution in [0, 0.1) is 5.82 Å². The van der Waals surface area contributed by atoms with Gasteiger partial charge in [0.05, 0.1) is 4.47 Å². The third kappa shape index (κ3) is 5.03. The van der Waals surface area contributed by atoms with Gasteiger partial charge >= 0.3 is 5.97 Å². The standard InChI is InChI=1S/C18H19BrFNO3/c1-12(2)18(23)24-14-7-9-21(10-8-14)17(22)6-4-13-3-5-16(20)15(19)11-13/h3-6,11,14H,1,7-10H2,2H3/b6-4+. The van der Waals surface area contributed by atoms with Gasteiger partial charge in [0, 0.05) is 37.6 Å². The molecular weight excluding hydrogens is 377 g/mol. The minimum atomic E-state index is -0.387. The van der Waals surface area contributed by atoms with Crippen molar-refractivity contribution in [2.24, 2.45) is 0 Å². The predicted octanol–water partition coefficient (Wildman–Crippen LogP) is 3.71. The first-order valence-corrected chi connectivity index (χ1v) is 8.44. The Balaban J connectivity index is 1.86. The molecule has 1 heterocycles. The fourth-order valence-corrected chi connectivity index (χ4v) is 2.73. The molecule has 1 aliphatic rings. The average molecular weight is 396 g/mol. The molecule has 24 heavy (non-hydrogen) atoms. The molecule has 0 radical (unpaired) electrons. The van der Waals surface area contributed by atoms with Crippen molar-refractivity contribution in [2.75, 3.05) is 13.1 Å². The summed E-state index contributed by atoms with van der Waals surface area (Å²) in [6, 6.07) is 4.56. The molecule has 0 unspecified atom stereocenters. The van der Waals surface area contributed by atoms with Crippen LogP contribution in [-0.4, -0.2) is 36.0 Å². The summed E-state index contributed by atoms with van der Waals surface area (Å²) < 4.78 is 18.8. The lowest BCUT2D eigenvalue weighted by Crippen LogP contribution is -2.40. The van der Waals surface area contributed by atoms with Gasteiger partial charge in [0.25, 0.3) is 0 Å². The molecule has 0 aromatic heterocycles. The van der Waals surface area contributed by atoms with Crippen LogP contribution in [0.3, 0.4) is 0 Å². The van der Waals surface area contributed by atoms with Crippen LogP contribution in [0.4, 0.5) is 4.39 Å². The van der Waals surface area contributed by atoms with Crippen molar-refractivity contribution in [2.45, 2.75) is 25.9 Å². The molecule has 0 N–H and O–H groups in total. The maximum Gasteiger partial charge on any atom is 0.333 e. The fourth-order valence-electron chi connectivity index (χ4n) is 2.33. The number of carbonyl (C=O) groups excluding carboxylic acids is 2. The maximum atomic E-state index is 13.2. The number of esters is 1. The van der Waals surface area contributed by atoms with E-state index in [0.717, 1.165) is 5.56 Å². The molecule has 2 rings (SSSR count). The minimum absolute atomic E-state index is 0.111. The smallest absolute Gasteiger partial charge is 0.333 e. The van der Waals surface area contributed by atoms with E-state index in [9.17, 15) is 14.0 Å². The number of likely N-dealkylation sites (tertiary alicyclic amines) is 1. The zero-order valence-electron chi connectivity index (χ0n) is 13.4. The Morgan fingerprint density at radius 2 is 2.04 bits per heavy atom. The second kappa shape index (κ2) is 8.24. The summed E-state index contributed by atoms with van der Waals surface area (Å²) in [6.45, 7) is 6.23. The number of piperidine rings is 1. The lowest BCUT2D eigenvalue weighted by molar-refractivity contribution is -0.147. The van der Waals surface area contributed by atoms with E-state index < -0.39 is 0 Å². The van der Waals surface area contributed by atoms with Crippen molar-refractivity contribution in [3.8, 4) is 0 Å². The third-order valence-corrected chi connectivity index (χ3v) is 4.35. The zero-order chi connectivity index (χ0) is 17.7. The second-order valence-electron chi connectivity index (χ2n) is 5.72. The summed E-state index contributed by atoms with van der Waals surface area (Å²) in [7, 11) is 0. The molecule has 1 fully saturated rings. The van der Waals surface area contributed by atoms with Gasteiger partial charge in [0.2, 0.25) is 5.91 Å². The first-order chi connectivity index (χ1) is 11.4. The van der Waals surface area contributed by atoms with Crippen LogP contribution < -0.4 is 0 Å². The van der Waals surface area contributed by atoms with Crippen molar-refractivity contribution < 1.29 is 18.7 Å². The van der Waals surface area contributed by atoms with Crippen LogP contribution in [0.5, 0.6) is 0 Å². The highest BCUT2D eigenvalue weighted by Gasteiger charge is 2.24. The number of nitrogens with zero attached hydrogens (tertiary/aromatic N) is 1. The monoisotopic (exact) mass is 395 g/mol. The second-order valence-corrected chi connectivity index (χ2v) is 6.57. The molecule has 1 aromatic carbocycles. The third-order valence-electron chi connectivity index (χ3n) is 3.74. The molecule has 4 nitrogen and oxygen atoms in total. The zero-order valence-corrected chi connectivity index (χ0v) is 15.0. The number of hydrogen-bond acceptors (Lipinski definition) is 3. The molecule has 1 amide bonds. The van der Waals surface area contributed by atoms with E-state index in [1.807, 2.05) is 0 Å². The largest absolute Gasteiger partial charge is 0.459 e. The van der Waals surface area contributed by atoms with Crippen LogP contribution in [0.2, 0.25) is 0 Å². The van der Waals surface area contributed by atoms with Gasteiger partial charge in [-0.3, -0.25) is 4.79 Å². The number of rotatable bonds is 4. The molecule has 1 aromatic rings. The van der Waals surface area contributed by atoms with Gasteiger partial charge < -0.3 is 9.64 Å². The molecule has 0 saturated carbocycles. The maximum absolute atomic E-state index is 13.2. The van der Waals surface area contributed by atoms with Crippen LogP contribution in [0.1, 0.15) is 25.3 Å². The molecule has 0 bridgehead atoms. The van der Waals surface area contributed by atoms with Gasteiger partial charge in [-0.15, -0.1) is 0 Å². The SMILES string of the molecule is C=C(C)C(=O)OC1CCN(C(=O)/C=C/c2ccc(F)c(Br)c2)CC1. The van der Waals surface area contributed by atoms with Crippen molar-refractivity contribution in [3.05, 3.63) is 52.3 Å². The lowest BCUT2D eigenvalue weighted by Gasteiger charge is -2.31. The Hall–Kier alpha value is -1.95. The van der Waals surface area contributed by atoms with E-state index in [2.05, 4.69) is 22.5 Å². The predicted molar refractivity (Wildman–Crippen MR) is 93.6 cm³/mol. The van der Waals surface area contributed by atoms with Gasteiger partial charge in [-0.2, -0.15) is 0 Å². The van der Waals surface area contributed by atoms with Crippen molar-refractivity contribution in [3.63, 3.8) is 0 Å². The van der Waals surface area contributed by atoms with Gasteiger partial charge in [-0.05, 0) is 46.6 Å². The van der Waals surface area contributed by atoms with E-state index in [0.29, 0.717) is 36.0 Å². The van der Waals surface area contributed by atoms with Gasteiger partial charge in [0.15, 0.2) is 0 Å². The van der Waals surface area contributed by atoms with Gasteiger partial charge in [-0.1, -0.05) is 12.6 Å². The molecule has 128 valence electrons. The summed E-state index contributed by atoms with van der Waals surface area (Å²) in [5, 5.41) is 0. The summed E-state index contributed by atoms with van der Waals surface area (Å²) in [6.07, 6.45) is 4.18. The molecular formula is C18H19BrFNO3. The van der Waals surface area contributed by atoms with E-state index >= 15 is 0 Å². The first-order valence-electron chi connectivity index (χ1n) is 7.65. The van der Waals surface area contributed by atoms with E-state index in [1.54, 1.807) is 30.0 Å². The van der Waals surface area contributed by atoms with Crippen molar-refractivity contribution in [1.82, 2.24) is 4.90 Å². The Morgan fingerprint density at radius 3 is 2.62 bits per heavy atom. The van der Waals surface area contributed by atoms with Crippen LogP contribution in [-0.2, 0) is 14.3 Å². The molecule has 0 atom stereocenters. The van der Waals surface area contributed by atoms with E-state index in [1.165, 1.54) is 12.1 Å². The Bertz CT molecular complexity index is 679. The Labute approximate surface area is 149 Å². The Kier molecular flexibility index (Phi) is 6.31. The first kappa shape index (κ1) is 18.4. The molecule has 1 aliphatic heterocycles.